The zero-order valence-corrected chi connectivity index (χ0v) is 8.66. The van der Waals surface area contributed by atoms with Crippen molar-refractivity contribution in [2.24, 2.45) is 0 Å². The molecule has 0 radical (unpaired) electrons. The van der Waals surface area contributed by atoms with Crippen molar-refractivity contribution in [1.29, 1.82) is 0 Å². The molecule has 2 rings (SSSR count). The summed E-state index contributed by atoms with van der Waals surface area (Å²) in [7, 11) is 0. The summed E-state index contributed by atoms with van der Waals surface area (Å²) in [6.45, 7) is 3.75. The van der Waals surface area contributed by atoms with Crippen molar-refractivity contribution in [1.82, 2.24) is 0 Å². The highest BCUT2D eigenvalue weighted by Gasteiger charge is 2.25. The molecule has 0 fully saturated rings. The third-order valence-electron chi connectivity index (χ3n) is 2.86. The second kappa shape index (κ2) is 3.45. The number of fused-ring (bicyclic) bond motifs is 1. The molecule has 0 aliphatic carbocycles. The zero-order valence-electron chi connectivity index (χ0n) is 8.66. The highest BCUT2D eigenvalue weighted by atomic mass is 16.2. The number of rotatable bonds is 0. The summed E-state index contributed by atoms with van der Waals surface area (Å²) in [5.74, 6) is 0.143. The van der Waals surface area contributed by atoms with Gasteiger partial charge in [-0.3, -0.25) is 4.79 Å². The fourth-order valence-corrected chi connectivity index (χ4v) is 2.17. The van der Waals surface area contributed by atoms with Crippen LogP contribution in [-0.4, -0.2) is 11.9 Å². The lowest BCUT2D eigenvalue weighted by molar-refractivity contribution is -0.117. The number of carbonyl (C=O) groups is 1. The van der Waals surface area contributed by atoms with Crippen molar-refractivity contribution >= 4 is 11.6 Å². The Labute approximate surface area is 84.5 Å². The van der Waals surface area contributed by atoms with Crippen LogP contribution in [0.3, 0.4) is 0 Å². The van der Waals surface area contributed by atoms with Gasteiger partial charge in [0.05, 0.1) is 0 Å². The second-order valence-electron chi connectivity index (χ2n) is 3.91. The fraction of sp³-hybridized carbons (Fsp3) is 0.417. The Morgan fingerprint density at radius 3 is 2.86 bits per heavy atom. The van der Waals surface area contributed by atoms with Gasteiger partial charge in [-0.1, -0.05) is 18.2 Å². The third kappa shape index (κ3) is 1.41. The molecule has 0 saturated heterocycles. The van der Waals surface area contributed by atoms with E-state index in [1.165, 1.54) is 5.56 Å². The Hall–Kier alpha value is -1.31. The molecule has 1 aliphatic heterocycles. The summed E-state index contributed by atoms with van der Waals surface area (Å²) in [6, 6.07) is 8.51. The van der Waals surface area contributed by atoms with Gasteiger partial charge in [0.25, 0.3) is 0 Å². The highest BCUT2D eigenvalue weighted by molar-refractivity contribution is 5.93. The summed E-state index contributed by atoms with van der Waals surface area (Å²) >= 11 is 0. The first-order valence-electron chi connectivity index (χ1n) is 5.08. The van der Waals surface area contributed by atoms with Crippen LogP contribution in [0.2, 0.25) is 0 Å². The third-order valence-corrected chi connectivity index (χ3v) is 2.86. The molecule has 1 amide bonds. The normalized spacial score (nSPS) is 20.4. The number of hydrogen-bond acceptors (Lipinski definition) is 1. The lowest BCUT2D eigenvalue weighted by atomic mass is 9.97. The molecule has 1 aliphatic rings. The van der Waals surface area contributed by atoms with E-state index in [0.29, 0.717) is 6.04 Å². The Morgan fingerprint density at radius 2 is 2.14 bits per heavy atom. The molecule has 2 nitrogen and oxygen atoms in total. The topological polar surface area (TPSA) is 20.3 Å². The predicted molar refractivity (Wildman–Crippen MR) is 57.4 cm³/mol. The Bertz CT molecular complexity index is 359. The highest BCUT2D eigenvalue weighted by Crippen LogP contribution is 2.30. The average Bonchev–Trinajstić information content (AvgIpc) is 2.17. The van der Waals surface area contributed by atoms with Crippen molar-refractivity contribution in [3.8, 4) is 0 Å². The molecule has 1 atom stereocenters. The van der Waals surface area contributed by atoms with Gasteiger partial charge in [0.15, 0.2) is 0 Å². The summed E-state index contributed by atoms with van der Waals surface area (Å²) in [5, 5.41) is 0. The molecule has 0 aromatic heterocycles. The van der Waals surface area contributed by atoms with E-state index in [1.54, 1.807) is 6.92 Å². The maximum absolute atomic E-state index is 11.5. The number of hydrogen-bond donors (Lipinski definition) is 0. The number of carbonyl (C=O) groups excluding carboxylic acids is 1. The molecule has 1 heterocycles. The van der Waals surface area contributed by atoms with E-state index < -0.39 is 0 Å². The van der Waals surface area contributed by atoms with Gasteiger partial charge in [-0.25, -0.2) is 0 Å². The van der Waals surface area contributed by atoms with Crippen molar-refractivity contribution in [3.05, 3.63) is 29.8 Å². The van der Waals surface area contributed by atoms with E-state index in [1.807, 2.05) is 23.1 Å². The van der Waals surface area contributed by atoms with E-state index in [-0.39, 0.29) is 5.91 Å². The van der Waals surface area contributed by atoms with Gasteiger partial charge in [0, 0.05) is 18.7 Å². The Balaban J connectivity index is 2.46. The van der Waals surface area contributed by atoms with Gasteiger partial charge >= 0.3 is 0 Å². The predicted octanol–water partition coefficient (Wildman–Crippen LogP) is 2.37. The van der Waals surface area contributed by atoms with Crippen LogP contribution in [0.4, 0.5) is 5.69 Å². The smallest absolute Gasteiger partial charge is 0.224 e. The average molecular weight is 189 g/mol. The number of benzene rings is 1. The van der Waals surface area contributed by atoms with Gasteiger partial charge in [-0.2, -0.15) is 0 Å². The number of anilines is 1. The first-order valence-corrected chi connectivity index (χ1v) is 5.08. The summed E-state index contributed by atoms with van der Waals surface area (Å²) in [5.41, 5.74) is 2.39. The van der Waals surface area contributed by atoms with Crippen LogP contribution in [-0.2, 0) is 11.2 Å². The van der Waals surface area contributed by atoms with Gasteiger partial charge < -0.3 is 4.90 Å². The lowest BCUT2D eigenvalue weighted by Gasteiger charge is -2.34. The molecule has 1 aromatic carbocycles. The van der Waals surface area contributed by atoms with Crippen molar-refractivity contribution in [2.45, 2.75) is 32.7 Å². The van der Waals surface area contributed by atoms with E-state index in [2.05, 4.69) is 13.0 Å². The molecule has 0 spiro atoms. The van der Waals surface area contributed by atoms with Crippen LogP contribution in [0.1, 0.15) is 25.8 Å². The van der Waals surface area contributed by atoms with E-state index in [0.717, 1.165) is 18.5 Å². The van der Waals surface area contributed by atoms with Crippen LogP contribution in [0.25, 0.3) is 0 Å². The van der Waals surface area contributed by atoms with Crippen LogP contribution in [0.15, 0.2) is 24.3 Å². The first kappa shape index (κ1) is 9.25. The molecule has 1 aromatic rings. The van der Waals surface area contributed by atoms with E-state index >= 15 is 0 Å². The molecule has 74 valence electrons. The summed E-state index contributed by atoms with van der Waals surface area (Å²) < 4.78 is 0. The number of nitrogens with zero attached hydrogens (tertiary/aromatic N) is 1. The molecule has 0 unspecified atom stereocenters. The molecule has 14 heavy (non-hydrogen) atoms. The van der Waals surface area contributed by atoms with Crippen molar-refractivity contribution in [2.75, 3.05) is 4.90 Å². The minimum atomic E-state index is 0.143. The van der Waals surface area contributed by atoms with Gasteiger partial charge in [-0.15, -0.1) is 0 Å². The van der Waals surface area contributed by atoms with Gasteiger partial charge in [0.2, 0.25) is 5.91 Å². The number of para-hydroxylation sites is 1. The molecule has 0 bridgehead atoms. The molecule has 0 saturated carbocycles. The number of amides is 1. The van der Waals surface area contributed by atoms with Gasteiger partial charge in [-0.05, 0) is 31.4 Å². The monoisotopic (exact) mass is 189 g/mol. The SMILES string of the molecule is CC(=O)N1c2ccccc2CC[C@H]1C. The summed E-state index contributed by atoms with van der Waals surface area (Å²) in [6.07, 6.45) is 2.15. The quantitative estimate of drug-likeness (QED) is 0.613. The number of aryl methyl sites for hydroxylation is 1. The van der Waals surface area contributed by atoms with Crippen LogP contribution < -0.4 is 4.90 Å². The van der Waals surface area contributed by atoms with Crippen LogP contribution >= 0.6 is 0 Å². The van der Waals surface area contributed by atoms with Crippen LogP contribution in [0.5, 0.6) is 0 Å². The standard InChI is InChI=1S/C12H15NO/c1-9-7-8-11-5-3-4-6-12(11)13(9)10(2)14/h3-6,9H,7-8H2,1-2H3/t9-/m1/s1. The first-order chi connectivity index (χ1) is 6.70. The molecular formula is C12H15NO. The van der Waals surface area contributed by atoms with Crippen molar-refractivity contribution in [3.63, 3.8) is 0 Å². The maximum Gasteiger partial charge on any atom is 0.224 e. The van der Waals surface area contributed by atoms with E-state index in [9.17, 15) is 4.79 Å². The van der Waals surface area contributed by atoms with E-state index in [4.69, 9.17) is 0 Å². The molecule has 0 N–H and O–H groups in total. The zero-order chi connectivity index (χ0) is 10.1. The van der Waals surface area contributed by atoms with Gasteiger partial charge in [0.1, 0.15) is 0 Å². The van der Waals surface area contributed by atoms with Crippen LogP contribution in [0, 0.1) is 0 Å². The largest absolute Gasteiger partial charge is 0.310 e. The Morgan fingerprint density at radius 1 is 1.43 bits per heavy atom. The van der Waals surface area contributed by atoms with Crippen molar-refractivity contribution < 1.29 is 4.79 Å². The Kier molecular flexibility index (Phi) is 2.28. The molecule has 2 heteroatoms. The maximum atomic E-state index is 11.5. The minimum absolute atomic E-state index is 0.143. The minimum Gasteiger partial charge on any atom is -0.310 e. The second-order valence-corrected chi connectivity index (χ2v) is 3.91. The fourth-order valence-electron chi connectivity index (χ4n) is 2.17. The lowest BCUT2D eigenvalue weighted by Crippen LogP contribution is -2.40. The summed E-state index contributed by atoms with van der Waals surface area (Å²) in [4.78, 5) is 13.4. The molecular weight excluding hydrogens is 174 g/mol.